The van der Waals surface area contributed by atoms with Gasteiger partial charge in [-0.15, -0.1) is 0 Å². The van der Waals surface area contributed by atoms with Gasteiger partial charge in [0.2, 0.25) is 0 Å². The molecule has 0 heterocycles. The number of benzene rings is 2. The van der Waals surface area contributed by atoms with E-state index in [1.165, 1.54) is 12.1 Å². The molecular formula is C15H13NO5. The molecule has 0 radical (unpaired) electrons. The van der Waals surface area contributed by atoms with Gasteiger partial charge < -0.3 is 20.3 Å². The molecule has 0 unspecified atom stereocenters. The van der Waals surface area contributed by atoms with Crippen LogP contribution in [0.1, 0.15) is 10.4 Å². The van der Waals surface area contributed by atoms with Gasteiger partial charge >= 0.3 is 5.97 Å². The second-order valence-electron chi connectivity index (χ2n) is 4.15. The number of phenols is 1. The molecule has 1 amide bonds. The first-order chi connectivity index (χ1) is 10.1. The van der Waals surface area contributed by atoms with E-state index in [4.69, 9.17) is 9.84 Å². The molecule has 2 rings (SSSR count). The van der Waals surface area contributed by atoms with E-state index in [2.05, 4.69) is 5.32 Å². The van der Waals surface area contributed by atoms with E-state index in [9.17, 15) is 14.7 Å². The molecule has 0 aliphatic carbocycles. The summed E-state index contributed by atoms with van der Waals surface area (Å²) in [6.45, 7) is -0.510. The Labute approximate surface area is 120 Å². The molecule has 0 bridgehead atoms. The molecule has 2 aromatic rings. The third-order valence-electron chi connectivity index (χ3n) is 2.64. The fraction of sp³-hybridized carbons (Fsp3) is 0.0667. The van der Waals surface area contributed by atoms with E-state index in [1.54, 1.807) is 36.4 Å². The Bertz CT molecular complexity index is 669. The van der Waals surface area contributed by atoms with E-state index in [1.807, 2.05) is 0 Å². The maximum absolute atomic E-state index is 12.1. The Morgan fingerprint density at radius 1 is 1.05 bits per heavy atom. The maximum atomic E-state index is 12.1. The third-order valence-corrected chi connectivity index (χ3v) is 2.64. The van der Waals surface area contributed by atoms with Crippen LogP contribution in [0.4, 0.5) is 5.69 Å². The molecule has 0 saturated carbocycles. The molecule has 0 atom stereocenters. The topological polar surface area (TPSA) is 95.9 Å². The van der Waals surface area contributed by atoms with Crippen molar-refractivity contribution >= 4 is 17.6 Å². The fourth-order valence-electron chi connectivity index (χ4n) is 1.69. The van der Waals surface area contributed by atoms with Crippen molar-refractivity contribution in [3.05, 3.63) is 54.1 Å². The molecule has 0 aromatic heterocycles. The van der Waals surface area contributed by atoms with Crippen molar-refractivity contribution in [3.8, 4) is 11.5 Å². The van der Waals surface area contributed by atoms with Crippen LogP contribution >= 0.6 is 0 Å². The normalized spacial score (nSPS) is 9.90. The summed E-state index contributed by atoms with van der Waals surface area (Å²) in [7, 11) is 0. The van der Waals surface area contributed by atoms with Gasteiger partial charge in [-0.25, -0.2) is 4.79 Å². The molecule has 6 heteroatoms. The predicted octanol–water partition coefficient (Wildman–Crippen LogP) is 2.11. The Hall–Kier alpha value is -3.02. The molecule has 0 aliphatic heterocycles. The monoisotopic (exact) mass is 287 g/mol. The number of hydrogen-bond donors (Lipinski definition) is 3. The minimum absolute atomic E-state index is 0.116. The Kier molecular flexibility index (Phi) is 4.40. The summed E-state index contributed by atoms with van der Waals surface area (Å²) in [5.74, 6) is -1.53. The molecule has 3 N–H and O–H groups in total. The fourth-order valence-corrected chi connectivity index (χ4v) is 1.69. The first-order valence-corrected chi connectivity index (χ1v) is 6.11. The number of ether oxygens (including phenoxy) is 1. The summed E-state index contributed by atoms with van der Waals surface area (Å²) in [6, 6.07) is 12.6. The van der Waals surface area contributed by atoms with Gasteiger partial charge in [-0.3, -0.25) is 4.79 Å². The summed E-state index contributed by atoms with van der Waals surface area (Å²) >= 11 is 0. The number of para-hydroxylation sites is 3. The highest BCUT2D eigenvalue weighted by atomic mass is 16.5. The molecule has 6 nitrogen and oxygen atoms in total. The lowest BCUT2D eigenvalue weighted by Crippen LogP contribution is -2.15. The van der Waals surface area contributed by atoms with Crippen LogP contribution in [0.5, 0.6) is 11.5 Å². The zero-order chi connectivity index (χ0) is 15.2. The number of aromatic hydroxyl groups is 1. The lowest BCUT2D eigenvalue weighted by atomic mass is 10.2. The van der Waals surface area contributed by atoms with Crippen molar-refractivity contribution in [1.29, 1.82) is 0 Å². The number of carbonyl (C=O) groups is 2. The van der Waals surface area contributed by atoms with Gasteiger partial charge in [0.1, 0.15) is 11.5 Å². The van der Waals surface area contributed by atoms with E-state index in [-0.39, 0.29) is 17.1 Å². The van der Waals surface area contributed by atoms with E-state index in [0.717, 1.165) is 0 Å². The van der Waals surface area contributed by atoms with E-state index >= 15 is 0 Å². The van der Waals surface area contributed by atoms with Gasteiger partial charge in [0, 0.05) is 0 Å². The number of hydrogen-bond acceptors (Lipinski definition) is 4. The molecule has 0 fully saturated rings. The Balaban J connectivity index is 2.18. The van der Waals surface area contributed by atoms with Crippen LogP contribution in [-0.2, 0) is 4.79 Å². The summed E-state index contributed by atoms with van der Waals surface area (Å²) in [4.78, 5) is 22.6. The SMILES string of the molecule is O=C(O)COc1ccccc1NC(=O)c1ccccc1O. The average molecular weight is 287 g/mol. The van der Waals surface area contributed by atoms with Crippen molar-refractivity contribution in [1.82, 2.24) is 0 Å². The first kappa shape index (κ1) is 14.4. The lowest BCUT2D eigenvalue weighted by Gasteiger charge is -2.11. The van der Waals surface area contributed by atoms with E-state index < -0.39 is 18.5 Å². The van der Waals surface area contributed by atoms with Gasteiger partial charge in [0.15, 0.2) is 6.61 Å². The van der Waals surface area contributed by atoms with Crippen LogP contribution in [0.2, 0.25) is 0 Å². The number of nitrogens with one attached hydrogen (secondary N) is 1. The zero-order valence-corrected chi connectivity index (χ0v) is 10.9. The number of phenolic OH excluding ortho intramolecular Hbond substituents is 1. The number of aliphatic carboxylic acids is 1. The number of anilines is 1. The molecule has 0 saturated heterocycles. The van der Waals surface area contributed by atoms with Gasteiger partial charge in [0.05, 0.1) is 11.3 Å². The summed E-state index contributed by atoms with van der Waals surface area (Å²) < 4.78 is 5.09. The van der Waals surface area contributed by atoms with Gasteiger partial charge in [-0.1, -0.05) is 24.3 Å². The first-order valence-electron chi connectivity index (χ1n) is 6.11. The van der Waals surface area contributed by atoms with Crippen LogP contribution in [0.15, 0.2) is 48.5 Å². The van der Waals surface area contributed by atoms with Gasteiger partial charge in [0.25, 0.3) is 5.91 Å². The summed E-state index contributed by atoms with van der Waals surface area (Å²) in [5, 5.41) is 20.8. The molecule has 108 valence electrons. The Morgan fingerprint density at radius 3 is 2.43 bits per heavy atom. The summed E-state index contributed by atoms with van der Waals surface area (Å²) in [6.07, 6.45) is 0. The number of carbonyl (C=O) groups excluding carboxylic acids is 1. The van der Waals surface area contributed by atoms with Crippen LogP contribution in [0.3, 0.4) is 0 Å². The molecule has 21 heavy (non-hydrogen) atoms. The minimum atomic E-state index is -1.11. The minimum Gasteiger partial charge on any atom is -0.507 e. The average Bonchev–Trinajstić information content (AvgIpc) is 2.46. The highest BCUT2D eigenvalue weighted by molar-refractivity contribution is 6.06. The van der Waals surface area contributed by atoms with Crippen molar-refractivity contribution in [2.45, 2.75) is 0 Å². The highest BCUT2D eigenvalue weighted by Crippen LogP contribution is 2.25. The molecular weight excluding hydrogens is 274 g/mol. The van der Waals surface area contributed by atoms with Crippen molar-refractivity contribution in [3.63, 3.8) is 0 Å². The number of carboxylic acid groups (broad SMARTS) is 1. The predicted molar refractivity (Wildman–Crippen MR) is 75.6 cm³/mol. The van der Waals surface area contributed by atoms with Crippen molar-refractivity contribution < 1.29 is 24.5 Å². The largest absolute Gasteiger partial charge is 0.507 e. The molecule has 0 aliphatic rings. The summed E-state index contributed by atoms with van der Waals surface area (Å²) in [5.41, 5.74) is 0.442. The van der Waals surface area contributed by atoms with Gasteiger partial charge in [-0.05, 0) is 24.3 Å². The van der Waals surface area contributed by atoms with Crippen LogP contribution < -0.4 is 10.1 Å². The zero-order valence-electron chi connectivity index (χ0n) is 10.9. The van der Waals surface area contributed by atoms with Crippen LogP contribution in [0.25, 0.3) is 0 Å². The van der Waals surface area contributed by atoms with Crippen LogP contribution in [0, 0.1) is 0 Å². The number of carboxylic acids is 1. The second kappa shape index (κ2) is 6.42. The van der Waals surface area contributed by atoms with Crippen molar-refractivity contribution in [2.24, 2.45) is 0 Å². The standard InChI is InChI=1S/C15H13NO5/c17-12-7-3-1-5-10(12)15(20)16-11-6-2-4-8-13(11)21-9-14(18)19/h1-8,17H,9H2,(H,16,20)(H,18,19). The molecule has 0 spiro atoms. The third kappa shape index (κ3) is 3.73. The smallest absolute Gasteiger partial charge is 0.341 e. The van der Waals surface area contributed by atoms with Crippen LogP contribution in [-0.4, -0.2) is 28.7 Å². The quantitative estimate of drug-likeness (QED) is 0.782. The van der Waals surface area contributed by atoms with Crippen molar-refractivity contribution in [2.75, 3.05) is 11.9 Å². The maximum Gasteiger partial charge on any atom is 0.341 e. The number of rotatable bonds is 5. The second-order valence-corrected chi connectivity index (χ2v) is 4.15. The Morgan fingerprint density at radius 2 is 1.71 bits per heavy atom. The highest BCUT2D eigenvalue weighted by Gasteiger charge is 2.13. The molecule has 2 aromatic carbocycles. The number of amides is 1. The van der Waals surface area contributed by atoms with Gasteiger partial charge in [-0.2, -0.15) is 0 Å². The lowest BCUT2D eigenvalue weighted by molar-refractivity contribution is -0.139. The van der Waals surface area contributed by atoms with E-state index in [0.29, 0.717) is 5.69 Å².